The number of aryl methyl sites for hydroxylation is 1. The normalized spacial score (nSPS) is 10.7. The lowest BCUT2D eigenvalue weighted by atomic mass is 10.2. The summed E-state index contributed by atoms with van der Waals surface area (Å²) < 4.78 is 12.9. The van der Waals surface area contributed by atoms with Gasteiger partial charge in [-0.15, -0.1) is 0 Å². The minimum Gasteiger partial charge on any atom is -0.484 e. The summed E-state index contributed by atoms with van der Waals surface area (Å²) >= 11 is 6.03. The summed E-state index contributed by atoms with van der Waals surface area (Å²) in [5.74, 6) is 1.06. The number of nitrogens with one attached hydrogen (secondary N) is 1. The Labute approximate surface area is 150 Å². The van der Waals surface area contributed by atoms with Crippen molar-refractivity contribution in [2.45, 2.75) is 20.1 Å². The molecular weight excluding hydrogens is 342 g/mol. The zero-order valence-electron chi connectivity index (χ0n) is 14.0. The Bertz CT molecular complexity index is 885. The Morgan fingerprint density at radius 3 is 2.84 bits per heavy atom. The summed E-state index contributed by atoms with van der Waals surface area (Å²) in [6.07, 6.45) is 1.74. The minimum absolute atomic E-state index is 0.193. The maximum atomic E-state index is 12.2. The molecule has 1 N–H and O–H groups in total. The van der Waals surface area contributed by atoms with E-state index >= 15 is 0 Å². The zero-order valence-corrected chi connectivity index (χ0v) is 14.7. The number of carbonyl (C=O) groups excluding carboxylic acids is 1. The first kappa shape index (κ1) is 17.1. The molecule has 0 bridgehead atoms. The van der Waals surface area contributed by atoms with Gasteiger partial charge in [-0.05, 0) is 31.2 Å². The molecule has 2 aromatic heterocycles. The van der Waals surface area contributed by atoms with E-state index in [1.54, 1.807) is 35.1 Å². The van der Waals surface area contributed by atoms with E-state index < -0.39 is 0 Å². The number of carbonyl (C=O) groups is 1. The van der Waals surface area contributed by atoms with Crippen molar-refractivity contribution >= 4 is 17.5 Å². The van der Waals surface area contributed by atoms with Gasteiger partial charge in [-0.2, -0.15) is 5.10 Å². The third-order valence-electron chi connectivity index (χ3n) is 3.87. The largest absolute Gasteiger partial charge is 0.484 e. The van der Waals surface area contributed by atoms with Gasteiger partial charge in [0.15, 0.2) is 5.76 Å². The van der Waals surface area contributed by atoms with Crippen LogP contribution in [0.1, 0.15) is 27.6 Å². The molecule has 0 fully saturated rings. The summed E-state index contributed by atoms with van der Waals surface area (Å²) in [5.41, 5.74) is 1.97. The summed E-state index contributed by atoms with van der Waals surface area (Å²) in [6, 6.07) is 10.5. The average molecular weight is 360 g/mol. The van der Waals surface area contributed by atoms with Crippen molar-refractivity contribution < 1.29 is 13.9 Å². The molecule has 130 valence electrons. The molecule has 0 radical (unpaired) electrons. The molecule has 0 aliphatic rings. The van der Waals surface area contributed by atoms with E-state index in [4.69, 9.17) is 20.8 Å². The molecular formula is C18H18ClN3O3. The van der Waals surface area contributed by atoms with E-state index in [1.807, 2.05) is 26.1 Å². The number of hydrogen-bond donors (Lipinski definition) is 1. The highest BCUT2D eigenvalue weighted by atomic mass is 35.5. The highest BCUT2D eigenvalue weighted by Crippen LogP contribution is 2.24. The lowest BCUT2D eigenvalue weighted by Gasteiger charge is -2.06. The second-order valence-electron chi connectivity index (χ2n) is 5.55. The molecule has 3 rings (SSSR count). The van der Waals surface area contributed by atoms with Crippen molar-refractivity contribution in [2.75, 3.05) is 0 Å². The predicted molar refractivity (Wildman–Crippen MR) is 93.6 cm³/mol. The number of halogens is 1. The molecule has 1 amide bonds. The number of hydrogen-bond acceptors (Lipinski definition) is 4. The zero-order chi connectivity index (χ0) is 17.8. The molecule has 3 aromatic rings. The van der Waals surface area contributed by atoms with Crippen LogP contribution in [-0.4, -0.2) is 15.7 Å². The fourth-order valence-electron chi connectivity index (χ4n) is 2.27. The lowest BCUT2D eigenvalue weighted by Crippen LogP contribution is -2.22. The summed E-state index contributed by atoms with van der Waals surface area (Å²) in [7, 11) is 1.86. The van der Waals surface area contributed by atoms with Crippen molar-refractivity contribution in [3.8, 4) is 5.75 Å². The van der Waals surface area contributed by atoms with Gasteiger partial charge in [-0.25, -0.2) is 0 Å². The highest BCUT2D eigenvalue weighted by molar-refractivity contribution is 6.32. The summed E-state index contributed by atoms with van der Waals surface area (Å²) in [4.78, 5) is 12.2. The lowest BCUT2D eigenvalue weighted by molar-refractivity contribution is 0.0919. The van der Waals surface area contributed by atoms with Crippen LogP contribution in [-0.2, 0) is 20.2 Å². The topological polar surface area (TPSA) is 69.3 Å². The van der Waals surface area contributed by atoms with Crippen molar-refractivity contribution in [3.63, 3.8) is 0 Å². The quantitative estimate of drug-likeness (QED) is 0.731. The smallest absolute Gasteiger partial charge is 0.287 e. The first-order chi connectivity index (χ1) is 12.0. The molecule has 0 saturated carbocycles. The number of aromatic nitrogens is 2. The van der Waals surface area contributed by atoms with Crippen LogP contribution in [0.15, 0.2) is 47.0 Å². The van der Waals surface area contributed by atoms with Crippen LogP contribution in [0.4, 0.5) is 0 Å². The van der Waals surface area contributed by atoms with Gasteiger partial charge in [0.25, 0.3) is 5.91 Å². The number of rotatable bonds is 6. The average Bonchev–Trinajstić information content (AvgIpc) is 3.20. The van der Waals surface area contributed by atoms with Crippen LogP contribution < -0.4 is 10.1 Å². The van der Waals surface area contributed by atoms with Gasteiger partial charge in [0.05, 0.1) is 11.2 Å². The predicted octanol–water partition coefficient (Wildman–Crippen LogP) is 3.48. The number of nitrogens with zero attached hydrogens (tertiary/aromatic N) is 2. The minimum atomic E-state index is -0.285. The second-order valence-corrected chi connectivity index (χ2v) is 5.95. The van der Waals surface area contributed by atoms with Gasteiger partial charge in [0.2, 0.25) is 0 Å². The molecule has 0 spiro atoms. The number of ether oxygens (including phenoxy) is 1. The number of amides is 1. The van der Waals surface area contributed by atoms with Crippen molar-refractivity contribution in [1.82, 2.24) is 15.1 Å². The van der Waals surface area contributed by atoms with Gasteiger partial charge in [0.1, 0.15) is 18.1 Å². The molecule has 25 heavy (non-hydrogen) atoms. The highest BCUT2D eigenvalue weighted by Gasteiger charge is 2.13. The molecule has 6 nitrogen and oxygen atoms in total. The third kappa shape index (κ3) is 4.03. The molecule has 0 saturated heterocycles. The van der Waals surface area contributed by atoms with Crippen molar-refractivity contribution in [3.05, 3.63) is 70.4 Å². The second kappa shape index (κ2) is 7.44. The Hall–Kier alpha value is -2.73. The molecule has 2 heterocycles. The first-order valence-electron chi connectivity index (χ1n) is 7.76. The fraction of sp³-hybridized carbons (Fsp3) is 0.222. The Balaban J connectivity index is 1.56. The van der Waals surface area contributed by atoms with Gasteiger partial charge in [-0.3, -0.25) is 9.48 Å². The molecule has 7 heteroatoms. The third-order valence-corrected chi connectivity index (χ3v) is 4.18. The van der Waals surface area contributed by atoms with Crippen LogP contribution in [0.2, 0.25) is 5.02 Å². The van der Waals surface area contributed by atoms with Crippen LogP contribution >= 0.6 is 11.6 Å². The molecule has 0 unspecified atom stereocenters. The number of furan rings is 1. The van der Waals surface area contributed by atoms with Crippen LogP contribution in [0.5, 0.6) is 5.75 Å². The van der Waals surface area contributed by atoms with Crippen LogP contribution in [0, 0.1) is 6.92 Å². The molecule has 1 aromatic carbocycles. The maximum absolute atomic E-state index is 12.2. The SMILES string of the molecule is Cc1c(CNC(=O)c2ccc(COc3ccccc3Cl)o2)cnn1C. The summed E-state index contributed by atoms with van der Waals surface area (Å²) in [6.45, 7) is 2.54. The fourth-order valence-corrected chi connectivity index (χ4v) is 2.46. The number of para-hydroxylation sites is 1. The maximum Gasteiger partial charge on any atom is 0.287 e. The van der Waals surface area contributed by atoms with Crippen LogP contribution in [0.3, 0.4) is 0 Å². The van der Waals surface area contributed by atoms with E-state index in [2.05, 4.69) is 10.4 Å². The van der Waals surface area contributed by atoms with Gasteiger partial charge < -0.3 is 14.5 Å². The van der Waals surface area contributed by atoms with Crippen molar-refractivity contribution in [2.24, 2.45) is 7.05 Å². The number of benzene rings is 1. The molecule has 0 atom stereocenters. The molecule has 0 aliphatic heterocycles. The first-order valence-corrected chi connectivity index (χ1v) is 8.14. The van der Waals surface area contributed by atoms with Crippen molar-refractivity contribution in [1.29, 1.82) is 0 Å². The Kier molecular flexibility index (Phi) is 5.09. The van der Waals surface area contributed by atoms with Gasteiger partial charge in [-0.1, -0.05) is 23.7 Å². The van der Waals surface area contributed by atoms with E-state index in [0.717, 1.165) is 11.3 Å². The van der Waals surface area contributed by atoms with Gasteiger partial charge in [0, 0.05) is 24.8 Å². The van der Waals surface area contributed by atoms with E-state index in [-0.39, 0.29) is 18.3 Å². The monoisotopic (exact) mass is 359 g/mol. The van der Waals surface area contributed by atoms with E-state index in [1.165, 1.54) is 0 Å². The van der Waals surface area contributed by atoms with Crippen LogP contribution in [0.25, 0.3) is 0 Å². The van der Waals surface area contributed by atoms with E-state index in [0.29, 0.717) is 23.1 Å². The Morgan fingerprint density at radius 1 is 1.32 bits per heavy atom. The standard InChI is InChI=1S/C18H18ClN3O3/c1-12-13(10-21-22(12)2)9-20-18(23)17-8-7-14(25-17)11-24-16-6-4-3-5-15(16)19/h3-8,10H,9,11H2,1-2H3,(H,20,23). The molecule has 0 aliphatic carbocycles. The summed E-state index contributed by atoms with van der Waals surface area (Å²) in [5, 5.41) is 7.49. The van der Waals surface area contributed by atoms with E-state index in [9.17, 15) is 4.79 Å². The Morgan fingerprint density at radius 2 is 2.12 bits per heavy atom. The van der Waals surface area contributed by atoms with Gasteiger partial charge >= 0.3 is 0 Å².